The molecular formula is C31H35FN4O2. The summed E-state index contributed by atoms with van der Waals surface area (Å²) in [6, 6.07) is 20.9. The summed E-state index contributed by atoms with van der Waals surface area (Å²) in [5.41, 5.74) is 10.7. The summed E-state index contributed by atoms with van der Waals surface area (Å²) < 4.78 is 20.6. The van der Waals surface area contributed by atoms with Crippen molar-refractivity contribution in [3.63, 3.8) is 0 Å². The molecule has 6 nitrogen and oxygen atoms in total. The van der Waals surface area contributed by atoms with Gasteiger partial charge in [-0.05, 0) is 58.5 Å². The third-order valence-corrected chi connectivity index (χ3v) is 6.04. The lowest BCUT2D eigenvalue weighted by Crippen LogP contribution is -2.22. The number of allylic oxidation sites excluding steroid dienone is 1. The van der Waals surface area contributed by atoms with E-state index in [4.69, 9.17) is 15.9 Å². The van der Waals surface area contributed by atoms with Gasteiger partial charge < -0.3 is 26.1 Å². The van der Waals surface area contributed by atoms with Crippen LogP contribution in [-0.2, 0) is 4.79 Å². The van der Waals surface area contributed by atoms with Gasteiger partial charge in [0.15, 0.2) is 0 Å². The van der Waals surface area contributed by atoms with Gasteiger partial charge in [-0.25, -0.2) is 4.39 Å². The van der Waals surface area contributed by atoms with E-state index >= 15 is 0 Å². The van der Waals surface area contributed by atoms with Crippen LogP contribution in [0.2, 0.25) is 0 Å². The molecule has 0 aromatic heterocycles. The normalized spacial score (nSPS) is 11.8. The minimum absolute atomic E-state index is 0.0296. The minimum Gasteiger partial charge on any atom is -0.492 e. The molecule has 0 unspecified atom stereocenters. The lowest BCUT2D eigenvalue weighted by Gasteiger charge is -2.18. The third kappa shape index (κ3) is 7.40. The van der Waals surface area contributed by atoms with Crippen LogP contribution in [0.4, 0.5) is 10.1 Å². The highest BCUT2D eigenvalue weighted by Gasteiger charge is 2.16. The number of nitrogen functional groups attached to an aromatic ring is 1. The highest BCUT2D eigenvalue weighted by atomic mass is 19.1. The van der Waals surface area contributed by atoms with Crippen LogP contribution in [0.15, 0.2) is 78.9 Å². The lowest BCUT2D eigenvalue weighted by molar-refractivity contribution is -0.123. The molecule has 3 aromatic carbocycles. The number of nitrogens with one attached hydrogen (secondary N) is 2. The molecule has 0 heterocycles. The van der Waals surface area contributed by atoms with Crippen LogP contribution in [0.3, 0.4) is 0 Å². The molecule has 0 aliphatic rings. The van der Waals surface area contributed by atoms with Crippen LogP contribution in [0.1, 0.15) is 35.6 Å². The number of hydrogen-bond donors (Lipinski definition) is 3. The van der Waals surface area contributed by atoms with E-state index in [0.29, 0.717) is 30.8 Å². The van der Waals surface area contributed by atoms with Crippen LogP contribution in [0.5, 0.6) is 5.75 Å². The fraction of sp³-hybridized carbons (Fsp3) is 0.226. The average Bonchev–Trinajstić information content (AvgIpc) is 2.93. The summed E-state index contributed by atoms with van der Waals surface area (Å²) in [5.74, 6) is 0.121. The molecule has 0 aliphatic heterocycles. The zero-order chi connectivity index (χ0) is 27.5. The van der Waals surface area contributed by atoms with Crippen molar-refractivity contribution in [3.05, 3.63) is 107 Å². The molecule has 7 heteroatoms. The molecule has 0 saturated carbocycles. The summed E-state index contributed by atoms with van der Waals surface area (Å²) in [4.78, 5) is 13.1. The molecule has 4 N–H and O–H groups in total. The number of nitrogens with two attached hydrogens (primary N) is 1. The molecule has 0 atom stereocenters. The summed E-state index contributed by atoms with van der Waals surface area (Å²) in [6.07, 6.45) is 5.13. The first-order valence-electron chi connectivity index (χ1n) is 12.6. The number of carbonyl (C=O) groups excluding carboxylic acids is 1. The number of likely N-dealkylation sites (N-methyl/N-ethyl adjacent to an activating group) is 1. The van der Waals surface area contributed by atoms with E-state index in [1.807, 2.05) is 54.6 Å². The van der Waals surface area contributed by atoms with Gasteiger partial charge in [0.05, 0.1) is 5.69 Å². The predicted molar refractivity (Wildman–Crippen MR) is 154 cm³/mol. The summed E-state index contributed by atoms with van der Waals surface area (Å²) in [6.45, 7) is 3.74. The average molecular weight is 515 g/mol. The molecule has 0 aliphatic carbocycles. The largest absolute Gasteiger partial charge is 0.492 e. The third-order valence-electron chi connectivity index (χ3n) is 6.04. The van der Waals surface area contributed by atoms with Gasteiger partial charge in [0, 0.05) is 45.0 Å². The second kappa shape index (κ2) is 13.9. The Bertz CT molecular complexity index is 1300. The molecule has 3 aromatic rings. The molecule has 0 spiro atoms. The first-order chi connectivity index (χ1) is 18.3. The Labute approximate surface area is 224 Å². The molecule has 3 rings (SSSR count). The maximum atomic E-state index is 14.8. The number of rotatable bonds is 12. The topological polar surface area (TPSA) is 91.4 Å². The molecular weight excluding hydrogens is 479 g/mol. The first kappa shape index (κ1) is 28.3. The van der Waals surface area contributed by atoms with Gasteiger partial charge in [-0.1, -0.05) is 55.5 Å². The standard InChI is InChI=1S/C31H35FN4O2/c1-4-27(22-9-6-5-7-10-22)30(24-19-25(21-33)31(34)28(32)20-24)23-12-14-26(15-13-23)38-18-17-35-16-8-11-29(37)36(2)3/h5-15,19-21,33,35H,4,16-18,34H2,1-3H3/b11-8+,30-27+,33-21?. The quantitative estimate of drug-likeness (QED) is 0.0994. The Hall–Kier alpha value is -4.23. The Balaban J connectivity index is 1.82. The van der Waals surface area contributed by atoms with Gasteiger partial charge in [-0.3, -0.25) is 4.79 Å². The van der Waals surface area contributed by atoms with Gasteiger partial charge in [-0.2, -0.15) is 0 Å². The molecule has 1 amide bonds. The van der Waals surface area contributed by atoms with Gasteiger partial charge in [0.2, 0.25) is 5.91 Å². The number of halogens is 1. The molecule has 0 bridgehead atoms. The van der Waals surface area contributed by atoms with Crippen molar-refractivity contribution in [3.8, 4) is 5.75 Å². The van der Waals surface area contributed by atoms with E-state index in [9.17, 15) is 9.18 Å². The monoisotopic (exact) mass is 514 g/mol. The van der Waals surface area contributed by atoms with Crippen LogP contribution in [0, 0.1) is 11.2 Å². The Morgan fingerprint density at radius 2 is 1.76 bits per heavy atom. The highest BCUT2D eigenvalue weighted by Crippen LogP contribution is 2.36. The molecule has 38 heavy (non-hydrogen) atoms. The molecule has 198 valence electrons. The van der Waals surface area contributed by atoms with Crippen molar-refractivity contribution < 1.29 is 13.9 Å². The zero-order valence-electron chi connectivity index (χ0n) is 22.1. The number of benzene rings is 3. The number of amides is 1. The van der Waals surface area contributed by atoms with E-state index < -0.39 is 5.82 Å². The van der Waals surface area contributed by atoms with Gasteiger partial charge in [-0.15, -0.1) is 0 Å². The van der Waals surface area contributed by atoms with Gasteiger partial charge in [0.1, 0.15) is 18.2 Å². The Morgan fingerprint density at radius 1 is 1.05 bits per heavy atom. The highest BCUT2D eigenvalue weighted by molar-refractivity contribution is 6.00. The second-order valence-corrected chi connectivity index (χ2v) is 8.89. The fourth-order valence-electron chi connectivity index (χ4n) is 4.04. The summed E-state index contributed by atoms with van der Waals surface area (Å²) in [7, 11) is 3.42. The summed E-state index contributed by atoms with van der Waals surface area (Å²) in [5, 5.41) is 10.9. The van der Waals surface area contributed by atoms with Gasteiger partial charge in [0.25, 0.3) is 0 Å². The van der Waals surface area contributed by atoms with E-state index in [1.165, 1.54) is 17.0 Å². The van der Waals surface area contributed by atoms with E-state index in [1.54, 1.807) is 26.2 Å². The molecule has 0 saturated heterocycles. The van der Waals surface area contributed by atoms with Crippen molar-refractivity contribution in [1.82, 2.24) is 10.2 Å². The van der Waals surface area contributed by atoms with E-state index in [-0.39, 0.29) is 11.6 Å². The number of nitrogens with zero attached hydrogens (tertiary/aromatic N) is 1. The Morgan fingerprint density at radius 3 is 2.39 bits per heavy atom. The predicted octanol–water partition coefficient (Wildman–Crippen LogP) is 5.39. The summed E-state index contributed by atoms with van der Waals surface area (Å²) >= 11 is 0. The molecule has 0 radical (unpaired) electrons. The van der Waals surface area contributed by atoms with Crippen molar-refractivity contribution in [2.24, 2.45) is 0 Å². The maximum Gasteiger partial charge on any atom is 0.245 e. The minimum atomic E-state index is -0.546. The van der Waals surface area contributed by atoms with Crippen LogP contribution < -0.4 is 15.8 Å². The number of anilines is 1. The smallest absolute Gasteiger partial charge is 0.245 e. The molecule has 0 fully saturated rings. The number of hydrogen-bond acceptors (Lipinski definition) is 5. The van der Waals surface area contributed by atoms with Crippen molar-refractivity contribution in [1.29, 1.82) is 5.41 Å². The van der Waals surface area contributed by atoms with Crippen LogP contribution in [-0.4, -0.2) is 50.8 Å². The first-order valence-corrected chi connectivity index (χ1v) is 12.6. The van der Waals surface area contributed by atoms with Crippen LogP contribution in [0.25, 0.3) is 11.1 Å². The number of carbonyl (C=O) groups is 1. The van der Waals surface area contributed by atoms with E-state index in [2.05, 4.69) is 12.2 Å². The van der Waals surface area contributed by atoms with Crippen LogP contribution >= 0.6 is 0 Å². The second-order valence-electron chi connectivity index (χ2n) is 8.89. The fourth-order valence-corrected chi connectivity index (χ4v) is 4.04. The van der Waals surface area contributed by atoms with Gasteiger partial charge >= 0.3 is 0 Å². The zero-order valence-corrected chi connectivity index (χ0v) is 22.1. The SMILES string of the molecule is CC/C(=C(/c1ccc(OCCNC/C=C/C(=O)N(C)C)cc1)c1cc(F)c(N)c(C=N)c1)c1ccccc1. The lowest BCUT2D eigenvalue weighted by atomic mass is 9.87. The number of ether oxygens (including phenoxy) is 1. The van der Waals surface area contributed by atoms with Crippen molar-refractivity contribution >= 4 is 29.0 Å². The maximum absolute atomic E-state index is 14.8. The Kier molecular flexibility index (Phi) is 10.4. The van der Waals surface area contributed by atoms with Crippen molar-refractivity contribution in [2.45, 2.75) is 13.3 Å². The van der Waals surface area contributed by atoms with Crippen molar-refractivity contribution in [2.75, 3.05) is 39.5 Å². The van der Waals surface area contributed by atoms with E-state index in [0.717, 1.165) is 40.7 Å².